The van der Waals surface area contributed by atoms with Crippen LogP contribution in [0.2, 0.25) is 0 Å². The molecule has 0 radical (unpaired) electrons. The quantitative estimate of drug-likeness (QED) is 0.382. The Morgan fingerprint density at radius 3 is 2.38 bits per heavy atom. The minimum Gasteiger partial charge on any atom is -0.493 e. The Bertz CT molecular complexity index is 535. The fourth-order valence-corrected chi connectivity index (χ4v) is 2.30. The van der Waals surface area contributed by atoms with Crippen LogP contribution in [0.15, 0.2) is 18.2 Å². The molecule has 1 aromatic carbocycles. The van der Waals surface area contributed by atoms with Gasteiger partial charge in [0.05, 0.1) is 14.2 Å². The zero-order valence-corrected chi connectivity index (χ0v) is 16.2. The molecule has 0 aromatic heterocycles. The standard InChI is InChI=1S/C16H22Cl3NO4/c1-4-5-6-9-24-15(16(17,18)19)20-14(21)11-7-8-12(22-2)13(10-11)23-3/h7-8,10,15H,4-6,9H2,1-3H3,(H,20,21)/t15-/m1/s1. The van der Waals surface area contributed by atoms with Crippen molar-refractivity contribution in [3.05, 3.63) is 23.8 Å². The molecule has 8 heteroatoms. The first-order valence-corrected chi connectivity index (χ1v) is 8.68. The van der Waals surface area contributed by atoms with E-state index in [0.717, 1.165) is 19.3 Å². The summed E-state index contributed by atoms with van der Waals surface area (Å²) in [4.78, 5) is 12.4. The molecule has 0 fully saturated rings. The lowest BCUT2D eigenvalue weighted by Crippen LogP contribution is -2.45. The molecule has 0 saturated carbocycles. The number of halogens is 3. The number of nitrogens with one attached hydrogen (secondary N) is 1. The smallest absolute Gasteiger partial charge is 0.253 e. The highest BCUT2D eigenvalue weighted by atomic mass is 35.6. The highest BCUT2D eigenvalue weighted by molar-refractivity contribution is 6.68. The van der Waals surface area contributed by atoms with Gasteiger partial charge in [0.2, 0.25) is 3.79 Å². The first kappa shape index (κ1) is 21.2. The lowest BCUT2D eigenvalue weighted by atomic mass is 10.2. The summed E-state index contributed by atoms with van der Waals surface area (Å²) in [6.07, 6.45) is 1.80. The molecule has 0 aliphatic rings. The van der Waals surface area contributed by atoms with Crippen LogP contribution < -0.4 is 14.8 Å². The number of alkyl halides is 3. The van der Waals surface area contributed by atoms with Crippen LogP contribution in [0.4, 0.5) is 0 Å². The third kappa shape index (κ3) is 6.55. The molecular weight excluding hydrogens is 377 g/mol. The van der Waals surface area contributed by atoms with Crippen molar-refractivity contribution in [3.63, 3.8) is 0 Å². The predicted molar refractivity (Wildman–Crippen MR) is 96.6 cm³/mol. The highest BCUT2D eigenvalue weighted by Crippen LogP contribution is 2.32. The van der Waals surface area contributed by atoms with Crippen LogP contribution in [0.5, 0.6) is 11.5 Å². The zero-order valence-electron chi connectivity index (χ0n) is 13.9. The summed E-state index contributed by atoms with van der Waals surface area (Å²) < 4.78 is 14.1. The summed E-state index contributed by atoms with van der Waals surface area (Å²) in [7, 11) is 3.00. The first-order chi connectivity index (χ1) is 11.3. The van der Waals surface area contributed by atoms with Crippen molar-refractivity contribution >= 4 is 40.7 Å². The molecule has 0 aliphatic carbocycles. The van der Waals surface area contributed by atoms with E-state index in [9.17, 15) is 4.79 Å². The van der Waals surface area contributed by atoms with Gasteiger partial charge in [0, 0.05) is 12.2 Å². The van der Waals surface area contributed by atoms with Crippen LogP contribution in [0, 0.1) is 0 Å². The molecule has 0 saturated heterocycles. The molecule has 1 atom stereocenters. The number of carbonyl (C=O) groups excluding carboxylic acids is 1. The van der Waals surface area contributed by atoms with Gasteiger partial charge in [-0.25, -0.2) is 0 Å². The van der Waals surface area contributed by atoms with Gasteiger partial charge >= 0.3 is 0 Å². The van der Waals surface area contributed by atoms with Crippen LogP contribution >= 0.6 is 34.8 Å². The number of carbonyl (C=O) groups is 1. The van der Waals surface area contributed by atoms with Gasteiger partial charge in [0.1, 0.15) is 0 Å². The van der Waals surface area contributed by atoms with E-state index in [1.807, 2.05) is 0 Å². The van der Waals surface area contributed by atoms with Crippen molar-refractivity contribution in [2.45, 2.75) is 36.2 Å². The predicted octanol–water partition coefficient (Wildman–Crippen LogP) is 4.34. The lowest BCUT2D eigenvalue weighted by molar-refractivity contribution is 0.0282. The third-order valence-corrected chi connectivity index (χ3v) is 3.83. The van der Waals surface area contributed by atoms with E-state index in [0.29, 0.717) is 23.7 Å². The Kier molecular flexibility index (Phi) is 8.98. The topological polar surface area (TPSA) is 56.8 Å². The number of ether oxygens (including phenoxy) is 3. The van der Waals surface area contributed by atoms with Gasteiger partial charge in [0.25, 0.3) is 5.91 Å². The molecule has 5 nitrogen and oxygen atoms in total. The van der Waals surface area contributed by atoms with Crippen LogP contribution in [0.3, 0.4) is 0 Å². The van der Waals surface area contributed by atoms with Gasteiger partial charge in [-0.3, -0.25) is 4.79 Å². The fourth-order valence-electron chi connectivity index (χ4n) is 1.95. The van der Waals surface area contributed by atoms with E-state index < -0.39 is 15.9 Å². The Hall–Kier alpha value is -0.880. The van der Waals surface area contributed by atoms with E-state index in [2.05, 4.69) is 12.2 Å². The van der Waals surface area contributed by atoms with Crippen LogP contribution in [-0.2, 0) is 4.74 Å². The van der Waals surface area contributed by atoms with Gasteiger partial charge < -0.3 is 19.5 Å². The third-order valence-electron chi connectivity index (χ3n) is 3.24. The molecule has 1 aromatic rings. The fraction of sp³-hybridized carbons (Fsp3) is 0.562. The number of unbranched alkanes of at least 4 members (excludes halogenated alkanes) is 2. The number of methoxy groups -OCH3 is 2. The molecule has 1 N–H and O–H groups in total. The molecule has 1 rings (SSSR count). The number of amides is 1. The molecule has 24 heavy (non-hydrogen) atoms. The highest BCUT2D eigenvalue weighted by Gasteiger charge is 2.35. The normalized spacial score (nSPS) is 12.6. The largest absolute Gasteiger partial charge is 0.493 e. The molecule has 0 unspecified atom stereocenters. The number of rotatable bonds is 9. The van der Waals surface area contributed by atoms with E-state index in [-0.39, 0.29) is 0 Å². The molecular formula is C16H22Cl3NO4. The summed E-state index contributed by atoms with van der Waals surface area (Å²) >= 11 is 17.7. The van der Waals surface area contributed by atoms with Crippen molar-refractivity contribution in [2.75, 3.05) is 20.8 Å². The maximum absolute atomic E-state index is 12.4. The van der Waals surface area contributed by atoms with E-state index in [4.69, 9.17) is 49.0 Å². The average molecular weight is 399 g/mol. The molecule has 0 bridgehead atoms. The first-order valence-electron chi connectivity index (χ1n) is 7.54. The Morgan fingerprint density at radius 1 is 1.17 bits per heavy atom. The summed E-state index contributed by atoms with van der Waals surface area (Å²) in [5.41, 5.74) is 0.337. The Labute approximate surface area is 157 Å². The van der Waals surface area contributed by atoms with Gasteiger partial charge in [-0.05, 0) is 24.6 Å². The SMILES string of the molecule is CCCCCO[C@@H](NC(=O)c1ccc(OC)c(OC)c1)C(Cl)(Cl)Cl. The lowest BCUT2D eigenvalue weighted by Gasteiger charge is -2.25. The van der Waals surface area contributed by atoms with Crippen molar-refractivity contribution < 1.29 is 19.0 Å². The average Bonchev–Trinajstić information content (AvgIpc) is 2.55. The maximum Gasteiger partial charge on any atom is 0.253 e. The summed E-state index contributed by atoms with van der Waals surface area (Å²) in [6.45, 7) is 2.46. The van der Waals surface area contributed by atoms with E-state index in [1.54, 1.807) is 18.2 Å². The summed E-state index contributed by atoms with van der Waals surface area (Å²) in [5, 5.41) is 2.59. The van der Waals surface area contributed by atoms with Gasteiger partial charge in [-0.2, -0.15) is 0 Å². The second kappa shape index (κ2) is 10.2. The molecule has 0 spiro atoms. The second-order valence-electron chi connectivity index (χ2n) is 5.04. The van der Waals surface area contributed by atoms with Crippen molar-refractivity contribution in [1.29, 1.82) is 0 Å². The number of benzene rings is 1. The van der Waals surface area contributed by atoms with Crippen LogP contribution in [0.1, 0.15) is 36.5 Å². The Balaban J connectivity index is 2.80. The van der Waals surface area contributed by atoms with Crippen LogP contribution in [0.25, 0.3) is 0 Å². The molecule has 136 valence electrons. The Morgan fingerprint density at radius 2 is 1.83 bits per heavy atom. The molecule has 0 heterocycles. The van der Waals surface area contributed by atoms with Crippen molar-refractivity contribution in [3.8, 4) is 11.5 Å². The van der Waals surface area contributed by atoms with E-state index in [1.165, 1.54) is 14.2 Å². The maximum atomic E-state index is 12.4. The number of hydrogen-bond donors (Lipinski definition) is 1. The van der Waals surface area contributed by atoms with Crippen molar-refractivity contribution in [1.82, 2.24) is 5.32 Å². The summed E-state index contributed by atoms with van der Waals surface area (Å²) in [6, 6.07) is 4.75. The minimum absolute atomic E-state index is 0.337. The van der Waals surface area contributed by atoms with Gasteiger partial charge in [-0.1, -0.05) is 54.6 Å². The van der Waals surface area contributed by atoms with Gasteiger partial charge in [0.15, 0.2) is 17.7 Å². The monoisotopic (exact) mass is 397 g/mol. The molecule has 0 aliphatic heterocycles. The van der Waals surface area contributed by atoms with E-state index >= 15 is 0 Å². The molecule has 1 amide bonds. The van der Waals surface area contributed by atoms with Crippen LogP contribution in [-0.4, -0.2) is 36.8 Å². The second-order valence-corrected chi connectivity index (χ2v) is 7.41. The van der Waals surface area contributed by atoms with Crippen molar-refractivity contribution in [2.24, 2.45) is 0 Å². The van der Waals surface area contributed by atoms with Gasteiger partial charge in [-0.15, -0.1) is 0 Å². The minimum atomic E-state index is -1.78. The number of hydrogen-bond acceptors (Lipinski definition) is 4. The summed E-state index contributed by atoms with van der Waals surface area (Å²) in [5.74, 6) is 0.505. The zero-order chi connectivity index (χ0) is 18.2.